The van der Waals surface area contributed by atoms with Crippen molar-refractivity contribution in [1.29, 1.82) is 0 Å². The standard InChI is InChI=1S/C31H16N2S2/c1-5-11-25-17(7-1)19-14-16-22-27(29(19)34-25)21-15-13-20-18-8-2-6-12-26(18)35-30(20)28(21)33-24-10-4-3-9-23(24)32-31(22)33/h1-16H. The molecule has 4 aromatic heterocycles. The molecule has 0 fully saturated rings. The summed E-state index contributed by atoms with van der Waals surface area (Å²) in [5.74, 6) is 0. The lowest BCUT2D eigenvalue weighted by Crippen LogP contribution is -1.92. The fourth-order valence-corrected chi connectivity index (χ4v) is 8.38. The van der Waals surface area contributed by atoms with Gasteiger partial charge in [0.2, 0.25) is 0 Å². The van der Waals surface area contributed by atoms with Gasteiger partial charge in [0, 0.05) is 51.8 Å². The topological polar surface area (TPSA) is 17.3 Å². The molecule has 0 saturated heterocycles. The first-order valence-corrected chi connectivity index (χ1v) is 13.4. The average Bonchev–Trinajstić information content (AvgIpc) is 3.59. The molecule has 0 N–H and O–H groups in total. The van der Waals surface area contributed by atoms with Gasteiger partial charge in [0.15, 0.2) is 0 Å². The molecule has 0 bridgehead atoms. The van der Waals surface area contributed by atoms with Gasteiger partial charge in [0.05, 0.1) is 21.3 Å². The van der Waals surface area contributed by atoms with Crippen molar-refractivity contribution in [2.75, 3.05) is 0 Å². The molecule has 0 radical (unpaired) electrons. The summed E-state index contributed by atoms with van der Waals surface area (Å²) in [4.78, 5) is 5.19. The number of nitrogens with zero attached hydrogens (tertiary/aromatic N) is 2. The van der Waals surface area contributed by atoms with Crippen molar-refractivity contribution >= 4 is 101 Å². The van der Waals surface area contributed by atoms with Crippen molar-refractivity contribution in [3.63, 3.8) is 0 Å². The monoisotopic (exact) mass is 480 g/mol. The lowest BCUT2D eigenvalue weighted by Gasteiger charge is -2.11. The van der Waals surface area contributed by atoms with Gasteiger partial charge >= 0.3 is 0 Å². The lowest BCUT2D eigenvalue weighted by atomic mass is 10.0. The minimum absolute atomic E-state index is 1.04. The summed E-state index contributed by atoms with van der Waals surface area (Å²) < 4.78 is 7.75. The third-order valence-electron chi connectivity index (χ3n) is 7.36. The quantitative estimate of drug-likeness (QED) is 0.198. The molecule has 0 spiro atoms. The van der Waals surface area contributed by atoms with Gasteiger partial charge in [0.25, 0.3) is 0 Å². The first kappa shape index (κ1) is 18.4. The van der Waals surface area contributed by atoms with Gasteiger partial charge in [-0.25, -0.2) is 4.98 Å². The number of rotatable bonds is 0. The Labute approximate surface area is 207 Å². The molecule has 2 nitrogen and oxygen atoms in total. The number of fused-ring (bicyclic) bond motifs is 16. The maximum absolute atomic E-state index is 5.19. The summed E-state index contributed by atoms with van der Waals surface area (Å²) in [6.45, 7) is 0. The molecule has 0 amide bonds. The normalized spacial score (nSPS) is 12.6. The van der Waals surface area contributed by atoms with E-state index < -0.39 is 0 Å². The summed E-state index contributed by atoms with van der Waals surface area (Å²) in [6, 6.07) is 35.3. The maximum Gasteiger partial charge on any atom is 0.146 e. The van der Waals surface area contributed by atoms with Gasteiger partial charge in [-0.05, 0) is 30.3 Å². The van der Waals surface area contributed by atoms with Gasteiger partial charge in [-0.15, -0.1) is 22.7 Å². The van der Waals surface area contributed by atoms with E-state index in [0.717, 1.165) is 16.7 Å². The summed E-state index contributed by atoms with van der Waals surface area (Å²) in [7, 11) is 0. The summed E-state index contributed by atoms with van der Waals surface area (Å²) in [5, 5.41) is 9.14. The molecule has 5 aromatic carbocycles. The number of thiophene rings is 2. The van der Waals surface area contributed by atoms with Crippen LogP contribution < -0.4 is 0 Å². The zero-order valence-corrected chi connectivity index (χ0v) is 20.1. The van der Waals surface area contributed by atoms with Crippen LogP contribution in [0.2, 0.25) is 0 Å². The third-order valence-corrected chi connectivity index (χ3v) is 9.76. The Morgan fingerprint density at radius 2 is 1.11 bits per heavy atom. The number of imidazole rings is 1. The van der Waals surface area contributed by atoms with E-state index >= 15 is 0 Å². The lowest BCUT2D eigenvalue weighted by molar-refractivity contribution is 1.33. The van der Waals surface area contributed by atoms with Crippen molar-refractivity contribution in [1.82, 2.24) is 9.38 Å². The van der Waals surface area contributed by atoms with E-state index in [-0.39, 0.29) is 0 Å². The molecule has 9 aromatic rings. The van der Waals surface area contributed by atoms with Crippen molar-refractivity contribution in [3.05, 3.63) is 97.1 Å². The number of hydrogen-bond donors (Lipinski definition) is 0. The zero-order valence-electron chi connectivity index (χ0n) is 18.4. The van der Waals surface area contributed by atoms with Crippen molar-refractivity contribution in [2.24, 2.45) is 0 Å². The molecule has 4 heterocycles. The second kappa shape index (κ2) is 6.36. The van der Waals surface area contributed by atoms with Crippen LogP contribution in [0.3, 0.4) is 0 Å². The highest BCUT2D eigenvalue weighted by atomic mass is 32.1. The van der Waals surface area contributed by atoms with E-state index in [1.807, 2.05) is 22.7 Å². The Morgan fingerprint density at radius 3 is 1.91 bits per heavy atom. The minimum Gasteiger partial charge on any atom is -0.290 e. The third kappa shape index (κ3) is 2.22. The summed E-state index contributed by atoms with van der Waals surface area (Å²) >= 11 is 3.79. The smallest absolute Gasteiger partial charge is 0.146 e. The Morgan fingerprint density at radius 1 is 0.514 bits per heavy atom. The molecule has 9 rings (SSSR count). The second-order valence-corrected chi connectivity index (χ2v) is 11.3. The van der Waals surface area contributed by atoms with Gasteiger partial charge < -0.3 is 0 Å². The Hall–Kier alpha value is -3.99. The SMILES string of the molecule is c1ccc2c(c1)nc1c3ccc4c5ccccc5sc4c3c3ccc4c5ccccc5sc4c3n21. The molecular formula is C31H16N2S2. The molecule has 0 aliphatic heterocycles. The second-order valence-electron chi connectivity index (χ2n) is 9.16. The van der Waals surface area contributed by atoms with E-state index in [1.54, 1.807) is 0 Å². The molecule has 162 valence electrons. The van der Waals surface area contributed by atoms with Crippen molar-refractivity contribution < 1.29 is 0 Å². The number of hydrogen-bond acceptors (Lipinski definition) is 3. The van der Waals surface area contributed by atoms with Crippen LogP contribution in [0.25, 0.3) is 78.7 Å². The van der Waals surface area contributed by atoms with Crippen LogP contribution >= 0.6 is 22.7 Å². The van der Waals surface area contributed by atoms with E-state index in [1.165, 1.54) is 62.0 Å². The van der Waals surface area contributed by atoms with Crippen LogP contribution in [0.4, 0.5) is 0 Å². The van der Waals surface area contributed by atoms with Gasteiger partial charge in [-0.1, -0.05) is 66.7 Å². The maximum atomic E-state index is 5.19. The van der Waals surface area contributed by atoms with E-state index in [2.05, 4.69) is 101 Å². The summed E-state index contributed by atoms with van der Waals surface area (Å²) in [6.07, 6.45) is 0. The average molecular weight is 481 g/mol. The van der Waals surface area contributed by atoms with Crippen molar-refractivity contribution in [2.45, 2.75) is 0 Å². The van der Waals surface area contributed by atoms with Crippen molar-refractivity contribution in [3.8, 4) is 0 Å². The molecule has 35 heavy (non-hydrogen) atoms. The van der Waals surface area contributed by atoms with E-state index in [0.29, 0.717) is 0 Å². The number of aromatic nitrogens is 2. The van der Waals surface area contributed by atoms with Crippen LogP contribution in [0, 0.1) is 0 Å². The molecule has 0 aliphatic rings. The van der Waals surface area contributed by atoms with Crippen LogP contribution in [-0.2, 0) is 0 Å². The van der Waals surface area contributed by atoms with E-state index in [4.69, 9.17) is 4.98 Å². The first-order valence-electron chi connectivity index (χ1n) is 11.7. The highest BCUT2D eigenvalue weighted by molar-refractivity contribution is 7.27. The molecule has 0 unspecified atom stereocenters. The van der Waals surface area contributed by atoms with Crippen LogP contribution in [0.1, 0.15) is 0 Å². The Kier molecular flexibility index (Phi) is 3.34. The van der Waals surface area contributed by atoms with Crippen LogP contribution in [-0.4, -0.2) is 9.38 Å². The number of benzene rings is 5. The zero-order chi connectivity index (χ0) is 22.7. The van der Waals surface area contributed by atoms with Gasteiger partial charge in [0.1, 0.15) is 5.65 Å². The highest BCUT2D eigenvalue weighted by Gasteiger charge is 2.20. The van der Waals surface area contributed by atoms with E-state index in [9.17, 15) is 0 Å². The van der Waals surface area contributed by atoms with Gasteiger partial charge in [-0.3, -0.25) is 4.40 Å². The highest BCUT2D eigenvalue weighted by Crippen LogP contribution is 2.46. The van der Waals surface area contributed by atoms with Gasteiger partial charge in [-0.2, -0.15) is 0 Å². The molecule has 4 heteroatoms. The molecule has 0 atom stereocenters. The number of para-hydroxylation sites is 2. The van der Waals surface area contributed by atoms with Crippen LogP contribution in [0.5, 0.6) is 0 Å². The fourth-order valence-electron chi connectivity index (χ4n) is 5.87. The number of pyridine rings is 1. The predicted octanol–water partition coefficient (Wildman–Crippen LogP) is 9.53. The first-order chi connectivity index (χ1) is 17.4. The largest absolute Gasteiger partial charge is 0.290 e. The fraction of sp³-hybridized carbons (Fsp3) is 0. The molecule has 0 saturated carbocycles. The Bertz CT molecular complexity index is 2330. The molecule has 0 aliphatic carbocycles. The van der Waals surface area contributed by atoms with Crippen LogP contribution in [0.15, 0.2) is 97.1 Å². The Balaban J connectivity index is 1.66. The molecular weight excluding hydrogens is 464 g/mol. The summed E-state index contributed by atoms with van der Waals surface area (Å²) in [5.41, 5.74) is 4.51. The predicted molar refractivity (Wildman–Crippen MR) is 153 cm³/mol. The minimum atomic E-state index is 1.04.